The van der Waals surface area contributed by atoms with Crippen LogP contribution in [0.5, 0.6) is 11.5 Å². The van der Waals surface area contributed by atoms with Crippen molar-refractivity contribution >= 4 is 45.9 Å². The number of nitrogens with one attached hydrogen (secondary N) is 2. The number of hydrogen-bond acceptors (Lipinski definition) is 4. The normalized spacial score (nSPS) is 11.1. The van der Waals surface area contributed by atoms with Crippen LogP contribution in [0, 0.1) is 5.92 Å². The fourth-order valence-electron chi connectivity index (χ4n) is 2.09. The van der Waals surface area contributed by atoms with Crippen LogP contribution in [0.1, 0.15) is 25.8 Å². The number of rotatable bonds is 10. The molecule has 0 aliphatic rings. The topological polar surface area (TPSA) is 64.1 Å². The van der Waals surface area contributed by atoms with Gasteiger partial charge in [-0.2, -0.15) is 0 Å². The van der Waals surface area contributed by atoms with Crippen LogP contribution in [-0.4, -0.2) is 47.0 Å². The molecule has 0 atom stereocenters. The molecule has 0 amide bonds. The Bertz CT molecular complexity index is 557. The Morgan fingerprint density at radius 1 is 1.12 bits per heavy atom. The summed E-state index contributed by atoms with van der Waals surface area (Å²) in [6.45, 7) is 7.16. The maximum absolute atomic E-state index is 5.59. The number of hydrogen-bond donors (Lipinski definition) is 2. The van der Waals surface area contributed by atoms with Crippen molar-refractivity contribution < 1.29 is 14.2 Å². The first-order chi connectivity index (χ1) is 12.0. The molecule has 1 aromatic rings. The summed E-state index contributed by atoms with van der Waals surface area (Å²) in [7, 11) is 5.00. The molecule has 6 nitrogen and oxygen atoms in total. The SMILES string of the molecule is CN=C(NCCOCCC(C)C)NCc1cc(OC)c(OC)cc1Br.I. The molecule has 2 N–H and O–H groups in total. The van der Waals surface area contributed by atoms with E-state index in [0.29, 0.717) is 37.1 Å². The average Bonchev–Trinajstić information content (AvgIpc) is 2.60. The Morgan fingerprint density at radius 3 is 2.35 bits per heavy atom. The van der Waals surface area contributed by atoms with Gasteiger partial charge < -0.3 is 24.8 Å². The first-order valence-electron chi connectivity index (χ1n) is 8.44. The molecule has 0 fully saturated rings. The third-order valence-corrected chi connectivity index (χ3v) is 4.34. The monoisotopic (exact) mass is 543 g/mol. The smallest absolute Gasteiger partial charge is 0.191 e. The van der Waals surface area contributed by atoms with E-state index in [1.165, 1.54) is 0 Å². The molecule has 0 spiro atoms. The third-order valence-electron chi connectivity index (χ3n) is 3.60. The second kappa shape index (κ2) is 14.3. The summed E-state index contributed by atoms with van der Waals surface area (Å²) in [5.41, 5.74) is 1.05. The van der Waals surface area contributed by atoms with Crippen molar-refractivity contribution in [2.45, 2.75) is 26.8 Å². The van der Waals surface area contributed by atoms with Gasteiger partial charge in [-0.25, -0.2) is 0 Å². The van der Waals surface area contributed by atoms with E-state index in [1.54, 1.807) is 21.3 Å². The van der Waals surface area contributed by atoms with Crippen molar-refractivity contribution in [2.75, 3.05) is 41.0 Å². The van der Waals surface area contributed by atoms with Crippen molar-refractivity contribution in [2.24, 2.45) is 10.9 Å². The molecule has 0 radical (unpaired) electrons. The molecule has 0 bridgehead atoms. The lowest BCUT2D eigenvalue weighted by atomic mass is 10.1. The summed E-state index contributed by atoms with van der Waals surface area (Å²) in [5.74, 6) is 2.79. The number of nitrogens with zero attached hydrogens (tertiary/aromatic N) is 1. The van der Waals surface area contributed by atoms with E-state index in [0.717, 1.165) is 29.0 Å². The molecule has 150 valence electrons. The van der Waals surface area contributed by atoms with E-state index < -0.39 is 0 Å². The van der Waals surface area contributed by atoms with Gasteiger partial charge >= 0.3 is 0 Å². The summed E-state index contributed by atoms with van der Waals surface area (Å²) in [6.07, 6.45) is 1.08. The quantitative estimate of drug-likeness (QED) is 0.203. The largest absolute Gasteiger partial charge is 0.493 e. The molecule has 0 aliphatic carbocycles. The predicted octanol–water partition coefficient (Wildman–Crippen LogP) is 3.81. The fourth-order valence-corrected chi connectivity index (χ4v) is 2.56. The predicted molar refractivity (Wildman–Crippen MR) is 121 cm³/mol. The fraction of sp³-hybridized carbons (Fsp3) is 0.611. The Hall–Kier alpha value is -0.740. The zero-order valence-electron chi connectivity index (χ0n) is 16.2. The highest BCUT2D eigenvalue weighted by Gasteiger charge is 2.10. The van der Waals surface area contributed by atoms with Crippen LogP contribution < -0.4 is 20.1 Å². The van der Waals surface area contributed by atoms with Crippen LogP contribution in [0.15, 0.2) is 21.6 Å². The molecule has 0 aromatic heterocycles. The van der Waals surface area contributed by atoms with Gasteiger partial charge in [-0.1, -0.05) is 29.8 Å². The van der Waals surface area contributed by atoms with E-state index >= 15 is 0 Å². The lowest BCUT2D eigenvalue weighted by Crippen LogP contribution is -2.38. The van der Waals surface area contributed by atoms with Gasteiger partial charge in [0, 0.05) is 31.2 Å². The molecule has 0 saturated carbocycles. The second-order valence-electron chi connectivity index (χ2n) is 5.95. The minimum atomic E-state index is 0. The molecule has 1 rings (SSSR count). The minimum absolute atomic E-state index is 0. The van der Waals surface area contributed by atoms with Crippen molar-refractivity contribution in [3.8, 4) is 11.5 Å². The number of benzene rings is 1. The van der Waals surface area contributed by atoms with Gasteiger partial charge in [0.15, 0.2) is 17.5 Å². The lowest BCUT2D eigenvalue weighted by molar-refractivity contribution is 0.128. The Morgan fingerprint density at radius 2 is 1.77 bits per heavy atom. The summed E-state index contributed by atoms with van der Waals surface area (Å²) in [5, 5.41) is 6.52. The van der Waals surface area contributed by atoms with Crippen molar-refractivity contribution in [3.05, 3.63) is 22.2 Å². The number of halogens is 2. The summed E-state index contributed by atoms with van der Waals surface area (Å²) in [4.78, 5) is 4.22. The van der Waals surface area contributed by atoms with Gasteiger partial charge in [0.05, 0.1) is 20.8 Å². The van der Waals surface area contributed by atoms with Gasteiger partial charge in [0.1, 0.15) is 0 Å². The number of aliphatic imine (C=N–C) groups is 1. The zero-order valence-corrected chi connectivity index (χ0v) is 20.1. The van der Waals surface area contributed by atoms with Crippen molar-refractivity contribution in [1.29, 1.82) is 0 Å². The zero-order chi connectivity index (χ0) is 18.7. The molecule has 0 saturated heterocycles. The van der Waals surface area contributed by atoms with E-state index in [1.807, 2.05) is 12.1 Å². The molecule has 26 heavy (non-hydrogen) atoms. The number of guanidine groups is 1. The van der Waals surface area contributed by atoms with Gasteiger partial charge in [-0.15, -0.1) is 24.0 Å². The molecular formula is C18H31BrIN3O3. The van der Waals surface area contributed by atoms with Crippen LogP contribution >= 0.6 is 39.9 Å². The van der Waals surface area contributed by atoms with Gasteiger partial charge in [0.25, 0.3) is 0 Å². The maximum atomic E-state index is 5.59. The number of ether oxygens (including phenoxy) is 3. The van der Waals surface area contributed by atoms with Crippen LogP contribution in [-0.2, 0) is 11.3 Å². The lowest BCUT2D eigenvalue weighted by Gasteiger charge is -2.15. The number of methoxy groups -OCH3 is 2. The summed E-state index contributed by atoms with van der Waals surface area (Å²) < 4.78 is 17.2. The van der Waals surface area contributed by atoms with Crippen LogP contribution in [0.2, 0.25) is 0 Å². The van der Waals surface area contributed by atoms with Gasteiger partial charge in [-0.05, 0) is 30.0 Å². The first kappa shape index (κ1) is 25.3. The highest BCUT2D eigenvalue weighted by Crippen LogP contribution is 2.33. The molecule has 0 unspecified atom stereocenters. The minimum Gasteiger partial charge on any atom is -0.493 e. The average molecular weight is 544 g/mol. The highest BCUT2D eigenvalue weighted by atomic mass is 127. The molecular weight excluding hydrogens is 513 g/mol. The van der Waals surface area contributed by atoms with Crippen molar-refractivity contribution in [3.63, 3.8) is 0 Å². The van der Waals surface area contributed by atoms with Crippen LogP contribution in [0.4, 0.5) is 0 Å². The summed E-state index contributed by atoms with van der Waals surface area (Å²) >= 11 is 3.56. The second-order valence-corrected chi connectivity index (χ2v) is 6.80. The molecule has 8 heteroatoms. The van der Waals surface area contributed by atoms with Gasteiger partial charge in [0.2, 0.25) is 0 Å². The standard InChI is InChI=1S/C18H30BrN3O3.HI/c1-13(2)6-8-25-9-7-21-18(20-3)22-12-14-10-16(23-4)17(24-5)11-15(14)19;/h10-11,13H,6-9,12H2,1-5H3,(H2,20,21,22);1H. The van der Waals surface area contributed by atoms with Crippen LogP contribution in [0.3, 0.4) is 0 Å². The molecule has 1 aromatic carbocycles. The highest BCUT2D eigenvalue weighted by molar-refractivity contribution is 14.0. The maximum Gasteiger partial charge on any atom is 0.191 e. The molecule has 0 heterocycles. The Labute approximate surface area is 182 Å². The summed E-state index contributed by atoms with van der Waals surface area (Å²) in [6, 6.07) is 3.84. The van der Waals surface area contributed by atoms with Gasteiger partial charge in [-0.3, -0.25) is 4.99 Å². The third kappa shape index (κ3) is 9.27. The van der Waals surface area contributed by atoms with E-state index in [2.05, 4.69) is 45.4 Å². The van der Waals surface area contributed by atoms with E-state index in [-0.39, 0.29) is 24.0 Å². The first-order valence-corrected chi connectivity index (χ1v) is 9.23. The van der Waals surface area contributed by atoms with Crippen molar-refractivity contribution in [1.82, 2.24) is 10.6 Å². The Balaban J connectivity index is 0.00000625. The van der Waals surface area contributed by atoms with E-state index in [9.17, 15) is 0 Å². The molecule has 0 aliphatic heterocycles. The van der Waals surface area contributed by atoms with Crippen LogP contribution in [0.25, 0.3) is 0 Å². The van der Waals surface area contributed by atoms with E-state index in [4.69, 9.17) is 14.2 Å². The Kier molecular flexibility index (Phi) is 13.9.